The summed E-state index contributed by atoms with van der Waals surface area (Å²) in [6.45, 7) is 6.70. The zero-order valence-corrected chi connectivity index (χ0v) is 14.7. The summed E-state index contributed by atoms with van der Waals surface area (Å²) in [5, 5.41) is 0. The van der Waals surface area contributed by atoms with Crippen LogP contribution in [0, 0.1) is 5.41 Å². The van der Waals surface area contributed by atoms with Gasteiger partial charge >= 0.3 is 6.09 Å². The molecule has 3 nitrogen and oxygen atoms in total. The van der Waals surface area contributed by atoms with Gasteiger partial charge in [-0.25, -0.2) is 13.6 Å². The van der Waals surface area contributed by atoms with Crippen molar-refractivity contribution >= 4 is 22.0 Å². The van der Waals surface area contributed by atoms with Crippen molar-refractivity contribution in [3.63, 3.8) is 0 Å². The standard InChI is InChI=1S/C16H20BrF2NO2/c1-14(2,3)22-13(21)20-9-15(4,10-20)16(18,19)11-5-7-12(17)8-6-11/h5-8H,9-10H2,1-4H3. The van der Waals surface area contributed by atoms with Gasteiger partial charge in [-0.2, -0.15) is 0 Å². The molecular weight excluding hydrogens is 356 g/mol. The molecule has 1 heterocycles. The van der Waals surface area contributed by atoms with E-state index >= 15 is 0 Å². The van der Waals surface area contributed by atoms with E-state index in [-0.39, 0.29) is 18.7 Å². The molecule has 0 aliphatic carbocycles. The molecule has 122 valence electrons. The van der Waals surface area contributed by atoms with Crippen LogP contribution in [0.3, 0.4) is 0 Å². The molecule has 6 heteroatoms. The third kappa shape index (κ3) is 3.26. The average Bonchev–Trinajstić information content (AvgIpc) is 2.33. The zero-order valence-electron chi connectivity index (χ0n) is 13.1. The van der Waals surface area contributed by atoms with Crippen LogP contribution < -0.4 is 0 Å². The topological polar surface area (TPSA) is 29.5 Å². The number of ether oxygens (including phenoxy) is 1. The number of carbonyl (C=O) groups excluding carboxylic acids is 1. The Hall–Kier alpha value is -1.17. The third-order valence-corrected chi connectivity index (χ3v) is 4.22. The second-order valence-electron chi connectivity index (χ2n) is 6.98. The summed E-state index contributed by atoms with van der Waals surface area (Å²) < 4.78 is 35.4. The van der Waals surface area contributed by atoms with Crippen LogP contribution >= 0.6 is 15.9 Å². The molecule has 1 aromatic rings. The van der Waals surface area contributed by atoms with Gasteiger partial charge in [0.15, 0.2) is 0 Å². The highest BCUT2D eigenvalue weighted by Crippen LogP contribution is 2.50. The Morgan fingerprint density at radius 3 is 2.18 bits per heavy atom. The molecule has 0 N–H and O–H groups in total. The Morgan fingerprint density at radius 1 is 1.23 bits per heavy atom. The molecule has 0 saturated carbocycles. The van der Waals surface area contributed by atoms with Gasteiger partial charge in [-0.05, 0) is 32.9 Å². The number of rotatable bonds is 2. The van der Waals surface area contributed by atoms with Gasteiger partial charge in [0.05, 0.1) is 5.41 Å². The van der Waals surface area contributed by atoms with Crippen molar-refractivity contribution in [1.82, 2.24) is 4.90 Å². The van der Waals surface area contributed by atoms with Crippen LogP contribution in [0.1, 0.15) is 33.3 Å². The van der Waals surface area contributed by atoms with Gasteiger partial charge in [0, 0.05) is 23.1 Å². The lowest BCUT2D eigenvalue weighted by Gasteiger charge is -2.51. The van der Waals surface area contributed by atoms with Crippen molar-refractivity contribution in [2.24, 2.45) is 5.41 Å². The largest absolute Gasteiger partial charge is 0.444 e. The van der Waals surface area contributed by atoms with Crippen molar-refractivity contribution in [3.8, 4) is 0 Å². The van der Waals surface area contributed by atoms with Crippen LogP contribution in [0.25, 0.3) is 0 Å². The van der Waals surface area contributed by atoms with Gasteiger partial charge in [-0.15, -0.1) is 0 Å². The number of benzene rings is 1. The van der Waals surface area contributed by atoms with E-state index in [9.17, 15) is 13.6 Å². The van der Waals surface area contributed by atoms with E-state index in [4.69, 9.17) is 4.74 Å². The summed E-state index contributed by atoms with van der Waals surface area (Å²) in [6.07, 6.45) is -0.545. The number of alkyl halides is 2. The molecule has 0 unspecified atom stereocenters. The number of hydrogen-bond acceptors (Lipinski definition) is 2. The second-order valence-corrected chi connectivity index (χ2v) is 7.89. The predicted molar refractivity (Wildman–Crippen MR) is 84.0 cm³/mol. The number of amides is 1. The minimum absolute atomic E-state index is 0.0228. The molecule has 1 fully saturated rings. The summed E-state index contributed by atoms with van der Waals surface area (Å²) in [7, 11) is 0. The summed E-state index contributed by atoms with van der Waals surface area (Å²) in [5.41, 5.74) is -1.95. The van der Waals surface area contributed by atoms with Gasteiger partial charge in [0.25, 0.3) is 5.92 Å². The van der Waals surface area contributed by atoms with Crippen molar-refractivity contribution < 1.29 is 18.3 Å². The van der Waals surface area contributed by atoms with Gasteiger partial charge < -0.3 is 9.64 Å². The highest BCUT2D eigenvalue weighted by atomic mass is 79.9. The fourth-order valence-corrected chi connectivity index (χ4v) is 2.72. The lowest BCUT2D eigenvalue weighted by atomic mass is 9.73. The van der Waals surface area contributed by atoms with Crippen molar-refractivity contribution in [2.75, 3.05) is 13.1 Å². The van der Waals surface area contributed by atoms with E-state index in [1.54, 1.807) is 32.9 Å². The molecule has 0 spiro atoms. The number of likely N-dealkylation sites (tertiary alicyclic amines) is 1. The monoisotopic (exact) mass is 375 g/mol. The highest BCUT2D eigenvalue weighted by Gasteiger charge is 2.59. The van der Waals surface area contributed by atoms with Crippen molar-refractivity contribution in [1.29, 1.82) is 0 Å². The minimum Gasteiger partial charge on any atom is -0.444 e. The number of halogens is 3. The van der Waals surface area contributed by atoms with Crippen LogP contribution in [0.5, 0.6) is 0 Å². The SMILES string of the molecule is CC(C)(C)OC(=O)N1CC(C)(C(F)(F)c2ccc(Br)cc2)C1. The van der Waals surface area contributed by atoms with E-state index in [0.717, 1.165) is 4.47 Å². The van der Waals surface area contributed by atoms with Crippen LogP contribution in [0.4, 0.5) is 13.6 Å². The molecule has 2 rings (SSSR count). The molecule has 1 saturated heterocycles. The molecule has 0 aromatic heterocycles. The Morgan fingerprint density at radius 2 is 1.73 bits per heavy atom. The number of hydrogen-bond donors (Lipinski definition) is 0. The predicted octanol–water partition coefficient (Wildman–Crippen LogP) is 4.80. The molecule has 0 atom stereocenters. The van der Waals surface area contributed by atoms with Gasteiger partial charge in [-0.1, -0.05) is 35.0 Å². The molecule has 0 bridgehead atoms. The normalized spacial score (nSPS) is 17.9. The molecule has 22 heavy (non-hydrogen) atoms. The lowest BCUT2D eigenvalue weighted by molar-refractivity contribution is -0.183. The van der Waals surface area contributed by atoms with E-state index < -0.39 is 23.0 Å². The molecule has 1 aromatic carbocycles. The molecule has 0 radical (unpaired) electrons. The third-order valence-electron chi connectivity index (χ3n) is 3.70. The Balaban J connectivity index is 2.08. The Kier molecular flexibility index (Phi) is 4.28. The molecule has 1 amide bonds. The average molecular weight is 376 g/mol. The second kappa shape index (κ2) is 5.48. The van der Waals surface area contributed by atoms with Crippen LogP contribution in [-0.4, -0.2) is 29.7 Å². The van der Waals surface area contributed by atoms with E-state index in [2.05, 4.69) is 15.9 Å². The van der Waals surface area contributed by atoms with E-state index in [1.807, 2.05) is 0 Å². The summed E-state index contributed by atoms with van der Waals surface area (Å²) in [4.78, 5) is 13.2. The summed E-state index contributed by atoms with van der Waals surface area (Å²) in [5.74, 6) is -3.01. The fourth-order valence-electron chi connectivity index (χ4n) is 2.46. The number of nitrogens with zero attached hydrogens (tertiary/aromatic N) is 1. The van der Waals surface area contributed by atoms with Gasteiger partial charge in [-0.3, -0.25) is 0 Å². The minimum atomic E-state index is -3.01. The Bertz CT molecular complexity index is 561. The van der Waals surface area contributed by atoms with Crippen LogP contribution in [-0.2, 0) is 10.7 Å². The van der Waals surface area contributed by atoms with E-state index in [0.29, 0.717) is 0 Å². The van der Waals surface area contributed by atoms with Crippen molar-refractivity contribution in [3.05, 3.63) is 34.3 Å². The van der Waals surface area contributed by atoms with Gasteiger partial charge in [0.1, 0.15) is 5.60 Å². The zero-order chi connectivity index (χ0) is 16.8. The number of carbonyl (C=O) groups is 1. The summed E-state index contributed by atoms with van der Waals surface area (Å²) >= 11 is 3.24. The van der Waals surface area contributed by atoms with Gasteiger partial charge in [0.2, 0.25) is 0 Å². The van der Waals surface area contributed by atoms with E-state index in [1.165, 1.54) is 24.0 Å². The summed E-state index contributed by atoms with van der Waals surface area (Å²) in [6, 6.07) is 6.00. The van der Waals surface area contributed by atoms with Crippen LogP contribution in [0.15, 0.2) is 28.7 Å². The fraction of sp³-hybridized carbons (Fsp3) is 0.562. The maximum absolute atomic E-state index is 14.7. The lowest BCUT2D eigenvalue weighted by Crippen LogP contribution is -2.63. The van der Waals surface area contributed by atoms with Crippen LogP contribution in [0.2, 0.25) is 0 Å². The molecule has 1 aliphatic rings. The maximum atomic E-state index is 14.7. The van der Waals surface area contributed by atoms with Crippen molar-refractivity contribution in [2.45, 2.75) is 39.2 Å². The first-order valence-electron chi connectivity index (χ1n) is 7.06. The molecular formula is C16H20BrF2NO2. The quantitative estimate of drug-likeness (QED) is 0.742. The maximum Gasteiger partial charge on any atom is 0.410 e. The Labute approximate surface area is 137 Å². The first kappa shape index (κ1) is 17.2. The first-order valence-corrected chi connectivity index (χ1v) is 7.86. The molecule has 1 aliphatic heterocycles. The highest BCUT2D eigenvalue weighted by molar-refractivity contribution is 9.10. The first-order chi connectivity index (χ1) is 9.95. The smallest absolute Gasteiger partial charge is 0.410 e.